The third-order valence-electron chi connectivity index (χ3n) is 3.59. The van der Waals surface area contributed by atoms with E-state index in [0.717, 1.165) is 11.5 Å². The van der Waals surface area contributed by atoms with Crippen molar-refractivity contribution >= 4 is 5.91 Å². The summed E-state index contributed by atoms with van der Waals surface area (Å²) in [5.74, 6) is 2.97. The van der Waals surface area contributed by atoms with Crippen molar-refractivity contribution in [3.63, 3.8) is 0 Å². The molecule has 1 fully saturated rings. The first kappa shape index (κ1) is 14.1. The summed E-state index contributed by atoms with van der Waals surface area (Å²) in [5, 5.41) is 0. The summed E-state index contributed by atoms with van der Waals surface area (Å²) in [6.07, 6.45) is 1.19. The number of methoxy groups -OCH3 is 1. The maximum atomic E-state index is 11.9. The molecule has 19 heavy (non-hydrogen) atoms. The highest BCUT2D eigenvalue weighted by molar-refractivity contribution is 5.81. The highest BCUT2D eigenvalue weighted by Gasteiger charge is 2.36. The molecule has 0 aromatic carbocycles. The summed E-state index contributed by atoms with van der Waals surface area (Å²) < 4.78 is 10.7. The Morgan fingerprint density at radius 3 is 2.89 bits per heavy atom. The fourth-order valence-electron chi connectivity index (χ4n) is 2.24. The molecule has 5 nitrogen and oxygen atoms in total. The molecule has 1 aromatic rings. The maximum absolute atomic E-state index is 11.9. The first-order valence-electron chi connectivity index (χ1n) is 6.61. The summed E-state index contributed by atoms with van der Waals surface area (Å²) in [6, 6.07) is 3.33. The molecule has 0 bridgehead atoms. The molecule has 1 heterocycles. The lowest BCUT2D eigenvalue weighted by Gasteiger charge is -2.19. The van der Waals surface area contributed by atoms with Crippen LogP contribution in [0.25, 0.3) is 0 Å². The minimum absolute atomic E-state index is 0.139. The van der Waals surface area contributed by atoms with Crippen LogP contribution in [-0.2, 0) is 16.1 Å². The fourth-order valence-corrected chi connectivity index (χ4v) is 2.24. The molecule has 5 heteroatoms. The lowest BCUT2D eigenvalue weighted by molar-refractivity contribution is -0.133. The summed E-state index contributed by atoms with van der Waals surface area (Å²) in [6.45, 7) is 2.88. The van der Waals surface area contributed by atoms with Crippen molar-refractivity contribution in [2.45, 2.75) is 31.8 Å². The van der Waals surface area contributed by atoms with E-state index in [4.69, 9.17) is 14.9 Å². The third kappa shape index (κ3) is 3.36. The van der Waals surface area contributed by atoms with Gasteiger partial charge in [-0.3, -0.25) is 4.79 Å². The Kier molecular flexibility index (Phi) is 4.27. The van der Waals surface area contributed by atoms with Gasteiger partial charge in [0, 0.05) is 20.1 Å². The predicted molar refractivity (Wildman–Crippen MR) is 71.6 cm³/mol. The molecule has 2 rings (SSSR count). The Balaban J connectivity index is 1.89. The Morgan fingerprint density at radius 2 is 2.32 bits per heavy atom. The monoisotopic (exact) mass is 266 g/mol. The lowest BCUT2D eigenvalue weighted by atomic mass is 10.2. The number of nitrogens with two attached hydrogens (primary N) is 1. The number of carbonyl (C=O) groups is 1. The average Bonchev–Trinajstić information content (AvgIpc) is 2.92. The van der Waals surface area contributed by atoms with Crippen LogP contribution in [0, 0.1) is 5.92 Å². The summed E-state index contributed by atoms with van der Waals surface area (Å²) in [4.78, 5) is 13.5. The smallest absolute Gasteiger partial charge is 0.242 e. The number of hydrogen-bond donors (Lipinski definition) is 1. The Hall–Kier alpha value is -1.33. The zero-order chi connectivity index (χ0) is 14.0. The summed E-state index contributed by atoms with van der Waals surface area (Å²) in [7, 11) is 3.25. The number of amides is 1. The minimum atomic E-state index is -0.618. The van der Waals surface area contributed by atoms with Gasteiger partial charge in [-0.05, 0) is 24.5 Å². The van der Waals surface area contributed by atoms with E-state index in [-0.39, 0.29) is 12.5 Å². The third-order valence-corrected chi connectivity index (χ3v) is 3.59. The molecule has 1 aromatic heterocycles. The van der Waals surface area contributed by atoms with Crippen LogP contribution in [0.15, 0.2) is 16.5 Å². The van der Waals surface area contributed by atoms with Gasteiger partial charge < -0.3 is 19.8 Å². The van der Waals surface area contributed by atoms with E-state index in [2.05, 4.69) is 6.92 Å². The maximum Gasteiger partial charge on any atom is 0.242 e. The molecule has 3 atom stereocenters. The van der Waals surface area contributed by atoms with Gasteiger partial charge in [0.15, 0.2) is 0 Å². The van der Waals surface area contributed by atoms with E-state index in [0.29, 0.717) is 18.4 Å². The van der Waals surface area contributed by atoms with Gasteiger partial charge in [0.2, 0.25) is 5.91 Å². The zero-order valence-corrected chi connectivity index (χ0v) is 11.8. The minimum Gasteiger partial charge on any atom is -0.464 e. The number of likely N-dealkylation sites (N-methyl/N-ethyl adjacent to an activating group) is 1. The number of furan rings is 1. The van der Waals surface area contributed by atoms with E-state index in [1.807, 2.05) is 12.1 Å². The summed E-state index contributed by atoms with van der Waals surface area (Å²) >= 11 is 0. The van der Waals surface area contributed by atoms with E-state index in [9.17, 15) is 4.79 Å². The molecule has 3 unspecified atom stereocenters. The van der Waals surface area contributed by atoms with Crippen LogP contribution in [0.4, 0.5) is 0 Å². The van der Waals surface area contributed by atoms with Crippen LogP contribution in [0.5, 0.6) is 0 Å². The fraction of sp³-hybridized carbons (Fsp3) is 0.643. The van der Waals surface area contributed by atoms with Gasteiger partial charge >= 0.3 is 0 Å². The average molecular weight is 266 g/mol. The second-order valence-corrected chi connectivity index (χ2v) is 5.38. The number of rotatable bonds is 6. The van der Waals surface area contributed by atoms with Gasteiger partial charge in [-0.15, -0.1) is 0 Å². The Bertz CT molecular complexity index is 444. The quantitative estimate of drug-likeness (QED) is 0.843. The molecular formula is C14H22N2O3. The normalized spacial score (nSPS) is 23.2. The van der Waals surface area contributed by atoms with Crippen LogP contribution in [0.1, 0.15) is 30.8 Å². The van der Waals surface area contributed by atoms with Crippen molar-refractivity contribution in [1.29, 1.82) is 0 Å². The molecule has 1 saturated carbocycles. The first-order valence-corrected chi connectivity index (χ1v) is 6.61. The van der Waals surface area contributed by atoms with Gasteiger partial charge in [-0.25, -0.2) is 0 Å². The lowest BCUT2D eigenvalue weighted by Crippen LogP contribution is -2.44. The van der Waals surface area contributed by atoms with E-state index >= 15 is 0 Å². The van der Waals surface area contributed by atoms with E-state index in [1.165, 1.54) is 13.5 Å². The van der Waals surface area contributed by atoms with Gasteiger partial charge in [0.25, 0.3) is 0 Å². The van der Waals surface area contributed by atoms with Crippen molar-refractivity contribution in [2.24, 2.45) is 11.7 Å². The van der Waals surface area contributed by atoms with Crippen LogP contribution >= 0.6 is 0 Å². The second-order valence-electron chi connectivity index (χ2n) is 5.38. The number of nitrogens with zero attached hydrogens (tertiary/aromatic N) is 1. The van der Waals surface area contributed by atoms with Gasteiger partial charge in [0.05, 0.1) is 13.2 Å². The number of carbonyl (C=O) groups excluding carboxylic acids is 1. The zero-order valence-electron chi connectivity index (χ0n) is 11.8. The molecule has 1 aliphatic carbocycles. The molecular weight excluding hydrogens is 244 g/mol. The topological polar surface area (TPSA) is 68.7 Å². The molecule has 1 aliphatic rings. The standard InChI is InChI=1S/C14H22N2O3/c1-9-6-11(9)13-5-4-10(19-13)7-16(2)14(17)12(15)8-18-3/h4-5,9,11-12H,6-8,15H2,1-3H3. The summed E-state index contributed by atoms with van der Waals surface area (Å²) in [5.41, 5.74) is 5.72. The van der Waals surface area contributed by atoms with Crippen LogP contribution < -0.4 is 5.73 Å². The number of ether oxygens (including phenoxy) is 1. The van der Waals surface area contributed by atoms with Crippen molar-refractivity contribution in [1.82, 2.24) is 4.90 Å². The molecule has 0 saturated heterocycles. The predicted octanol–water partition coefficient (Wildman–Crippen LogP) is 1.34. The van der Waals surface area contributed by atoms with Crippen molar-refractivity contribution in [3.8, 4) is 0 Å². The van der Waals surface area contributed by atoms with Crippen molar-refractivity contribution < 1.29 is 13.9 Å². The van der Waals surface area contributed by atoms with Gasteiger partial charge in [-0.2, -0.15) is 0 Å². The van der Waals surface area contributed by atoms with E-state index in [1.54, 1.807) is 11.9 Å². The van der Waals surface area contributed by atoms with Crippen LogP contribution in [0.3, 0.4) is 0 Å². The second kappa shape index (κ2) is 5.75. The molecule has 2 N–H and O–H groups in total. The Labute approximate surface area is 113 Å². The van der Waals surface area contributed by atoms with Gasteiger partial charge in [0.1, 0.15) is 17.6 Å². The van der Waals surface area contributed by atoms with Crippen LogP contribution in [-0.4, -0.2) is 37.6 Å². The SMILES string of the molecule is COCC(N)C(=O)N(C)Cc1ccc(C2CC2C)o1. The largest absolute Gasteiger partial charge is 0.464 e. The number of hydrogen-bond acceptors (Lipinski definition) is 4. The highest BCUT2D eigenvalue weighted by Crippen LogP contribution is 2.47. The Morgan fingerprint density at radius 1 is 1.63 bits per heavy atom. The molecule has 0 aliphatic heterocycles. The highest BCUT2D eigenvalue weighted by atomic mass is 16.5. The van der Waals surface area contributed by atoms with E-state index < -0.39 is 6.04 Å². The van der Waals surface area contributed by atoms with Crippen molar-refractivity contribution in [2.75, 3.05) is 20.8 Å². The molecule has 106 valence electrons. The van der Waals surface area contributed by atoms with Crippen LogP contribution in [0.2, 0.25) is 0 Å². The molecule has 1 amide bonds. The molecule has 0 spiro atoms. The molecule has 0 radical (unpaired) electrons. The van der Waals surface area contributed by atoms with Gasteiger partial charge in [-0.1, -0.05) is 6.92 Å². The van der Waals surface area contributed by atoms with Crippen molar-refractivity contribution in [3.05, 3.63) is 23.7 Å². The first-order chi connectivity index (χ1) is 9.02.